The van der Waals surface area contributed by atoms with E-state index in [1.807, 2.05) is 73.8 Å². The monoisotopic (exact) mass is 547 g/mol. The number of hydrogen-bond acceptors (Lipinski definition) is 6. The normalized spacial score (nSPS) is 14.0. The first-order chi connectivity index (χ1) is 19.4. The van der Waals surface area contributed by atoms with Gasteiger partial charge in [0.1, 0.15) is 5.75 Å². The lowest BCUT2D eigenvalue weighted by Crippen LogP contribution is -2.38. The molecule has 5 aromatic rings. The van der Waals surface area contributed by atoms with Crippen molar-refractivity contribution in [3.63, 3.8) is 0 Å². The van der Waals surface area contributed by atoms with Gasteiger partial charge in [0.05, 0.1) is 18.2 Å². The number of carbonyl (C=O) groups excluding carboxylic acids is 1. The molecule has 3 heterocycles. The number of thiazole rings is 1. The van der Waals surface area contributed by atoms with Crippen molar-refractivity contribution in [1.82, 2.24) is 9.97 Å². The summed E-state index contributed by atoms with van der Waals surface area (Å²) >= 11 is 1.44. The molecule has 1 N–H and O–H groups in total. The Morgan fingerprint density at radius 2 is 1.68 bits per heavy atom. The van der Waals surface area contributed by atoms with Gasteiger partial charge in [-0.15, -0.1) is 11.3 Å². The van der Waals surface area contributed by atoms with E-state index in [4.69, 9.17) is 14.5 Å². The van der Waals surface area contributed by atoms with Crippen LogP contribution in [0.2, 0.25) is 0 Å². The molecule has 40 heavy (non-hydrogen) atoms. The van der Waals surface area contributed by atoms with Gasteiger partial charge in [-0.1, -0.05) is 68.4 Å². The maximum atomic E-state index is 13.8. The van der Waals surface area contributed by atoms with Gasteiger partial charge in [-0.2, -0.15) is 0 Å². The summed E-state index contributed by atoms with van der Waals surface area (Å²) < 4.78 is 11.8. The zero-order valence-corrected chi connectivity index (χ0v) is 23.4. The summed E-state index contributed by atoms with van der Waals surface area (Å²) in [7, 11) is 1.63. The number of benzene rings is 3. The zero-order chi connectivity index (χ0) is 27.7. The number of methoxy groups -OCH3 is 1. The summed E-state index contributed by atoms with van der Waals surface area (Å²) in [6.07, 6.45) is 4.28. The molecule has 1 atom stereocenters. The molecule has 0 radical (unpaired) electrons. The Bertz CT molecular complexity index is 1660. The number of amides is 1. The van der Waals surface area contributed by atoms with E-state index in [2.05, 4.69) is 34.6 Å². The lowest BCUT2D eigenvalue weighted by Gasteiger charge is -2.38. The van der Waals surface area contributed by atoms with Gasteiger partial charge in [-0.3, -0.25) is 9.78 Å². The molecule has 0 saturated heterocycles. The van der Waals surface area contributed by atoms with Crippen molar-refractivity contribution < 1.29 is 14.3 Å². The van der Waals surface area contributed by atoms with Crippen LogP contribution >= 0.6 is 11.3 Å². The molecule has 0 aliphatic carbocycles. The van der Waals surface area contributed by atoms with Gasteiger partial charge >= 0.3 is 0 Å². The van der Waals surface area contributed by atoms with Crippen LogP contribution in [-0.4, -0.2) is 23.0 Å². The fraction of sp³-hybridized carbons (Fsp3) is 0.182. The highest BCUT2D eigenvalue weighted by molar-refractivity contribution is 7.13. The van der Waals surface area contributed by atoms with Crippen LogP contribution in [0.3, 0.4) is 0 Å². The van der Waals surface area contributed by atoms with E-state index in [1.54, 1.807) is 19.5 Å². The SMILES string of the molecule is COc1cccc2c1Oc1ccccc1C2C(C)(C)C(=O)Nc1nc(Cc2ccc(-c3ccncc3)cc2)cs1. The number of aromatic nitrogens is 2. The number of ether oxygens (including phenoxy) is 2. The Balaban J connectivity index is 1.21. The maximum Gasteiger partial charge on any atom is 0.232 e. The summed E-state index contributed by atoms with van der Waals surface area (Å²) in [5.41, 5.74) is 5.44. The van der Waals surface area contributed by atoms with E-state index < -0.39 is 5.41 Å². The minimum absolute atomic E-state index is 0.106. The summed E-state index contributed by atoms with van der Waals surface area (Å²) in [4.78, 5) is 22.6. The first kappa shape index (κ1) is 25.8. The van der Waals surface area contributed by atoms with Crippen molar-refractivity contribution in [2.45, 2.75) is 26.2 Å². The lowest BCUT2D eigenvalue weighted by atomic mass is 9.69. The van der Waals surface area contributed by atoms with Crippen molar-refractivity contribution in [3.8, 4) is 28.4 Å². The molecular formula is C33H29N3O3S. The smallest absolute Gasteiger partial charge is 0.232 e. The summed E-state index contributed by atoms with van der Waals surface area (Å²) in [6, 6.07) is 26.2. The quantitative estimate of drug-likeness (QED) is 0.226. The molecule has 200 valence electrons. The highest BCUT2D eigenvalue weighted by Gasteiger charge is 2.44. The number of carbonyl (C=O) groups is 1. The van der Waals surface area contributed by atoms with Crippen molar-refractivity contribution in [3.05, 3.63) is 119 Å². The second-order valence-corrected chi connectivity index (χ2v) is 11.2. The number of para-hydroxylation sites is 2. The molecule has 7 heteroatoms. The van der Waals surface area contributed by atoms with Crippen LogP contribution in [0, 0.1) is 5.41 Å². The lowest BCUT2D eigenvalue weighted by molar-refractivity contribution is -0.124. The Labute approximate surface area is 237 Å². The average molecular weight is 548 g/mol. The fourth-order valence-electron chi connectivity index (χ4n) is 5.30. The van der Waals surface area contributed by atoms with Crippen molar-refractivity contribution in [2.24, 2.45) is 5.41 Å². The predicted molar refractivity (Wildman–Crippen MR) is 158 cm³/mol. The van der Waals surface area contributed by atoms with Crippen LogP contribution in [-0.2, 0) is 11.2 Å². The number of fused-ring (bicyclic) bond motifs is 2. The minimum atomic E-state index is -0.810. The van der Waals surface area contributed by atoms with E-state index in [-0.39, 0.29) is 11.8 Å². The largest absolute Gasteiger partial charge is 0.493 e. The number of anilines is 1. The molecule has 1 amide bonds. The van der Waals surface area contributed by atoms with Crippen LogP contribution in [0.5, 0.6) is 17.2 Å². The number of nitrogens with one attached hydrogen (secondary N) is 1. The first-order valence-corrected chi connectivity index (χ1v) is 14.0. The number of rotatable bonds is 7. The van der Waals surface area contributed by atoms with Gasteiger partial charge in [0.2, 0.25) is 5.91 Å². The molecular weight excluding hydrogens is 518 g/mol. The number of hydrogen-bond donors (Lipinski definition) is 1. The van der Waals surface area contributed by atoms with Crippen LogP contribution in [0.4, 0.5) is 5.13 Å². The molecule has 6 nitrogen and oxygen atoms in total. The standard InChI is InChI=1S/C33H29N3O3S/c1-33(2,29-25-7-4-5-9-27(25)39-30-26(29)8-6-10-28(30)38-3)31(37)36-32-35-24(20-40-32)19-21-11-13-22(14-12-21)23-15-17-34-18-16-23/h4-18,20,29H,19H2,1-3H3,(H,35,36,37). The summed E-state index contributed by atoms with van der Waals surface area (Å²) in [6.45, 7) is 3.94. The first-order valence-electron chi connectivity index (χ1n) is 13.1. The third-order valence-corrected chi connectivity index (χ3v) is 8.22. The molecule has 2 aromatic heterocycles. The Morgan fingerprint density at radius 3 is 2.45 bits per heavy atom. The van der Waals surface area contributed by atoms with Crippen LogP contribution in [0.15, 0.2) is 96.6 Å². The van der Waals surface area contributed by atoms with Crippen LogP contribution in [0.1, 0.15) is 42.1 Å². The fourth-order valence-corrected chi connectivity index (χ4v) is 6.01. The van der Waals surface area contributed by atoms with Crippen molar-refractivity contribution >= 4 is 22.4 Å². The van der Waals surface area contributed by atoms with E-state index in [0.717, 1.165) is 39.3 Å². The molecule has 0 spiro atoms. The molecule has 0 bridgehead atoms. The van der Waals surface area contributed by atoms with Crippen LogP contribution in [0.25, 0.3) is 11.1 Å². The van der Waals surface area contributed by atoms with Gasteiger partial charge in [-0.05, 0) is 41.0 Å². The maximum absolute atomic E-state index is 13.8. The highest BCUT2D eigenvalue weighted by Crippen LogP contribution is 2.54. The van der Waals surface area contributed by atoms with E-state index in [1.165, 1.54) is 11.3 Å². The Kier molecular flexibility index (Phi) is 6.82. The minimum Gasteiger partial charge on any atom is -0.493 e. The highest BCUT2D eigenvalue weighted by atomic mass is 32.1. The van der Waals surface area contributed by atoms with Crippen molar-refractivity contribution in [1.29, 1.82) is 0 Å². The van der Waals surface area contributed by atoms with E-state index in [9.17, 15) is 4.79 Å². The number of nitrogens with zero attached hydrogens (tertiary/aromatic N) is 2. The molecule has 1 aliphatic rings. The van der Waals surface area contributed by atoms with E-state index in [0.29, 0.717) is 23.1 Å². The molecule has 1 aliphatic heterocycles. The van der Waals surface area contributed by atoms with Gasteiger partial charge in [0, 0.05) is 41.2 Å². The average Bonchev–Trinajstić information content (AvgIpc) is 3.42. The van der Waals surface area contributed by atoms with Crippen LogP contribution < -0.4 is 14.8 Å². The van der Waals surface area contributed by atoms with Gasteiger partial charge < -0.3 is 14.8 Å². The molecule has 0 saturated carbocycles. The number of pyridine rings is 1. The molecule has 6 rings (SSSR count). The Morgan fingerprint density at radius 1 is 0.950 bits per heavy atom. The van der Waals surface area contributed by atoms with E-state index >= 15 is 0 Å². The van der Waals surface area contributed by atoms with Gasteiger partial charge in [0.15, 0.2) is 16.6 Å². The second kappa shape index (κ2) is 10.6. The topological polar surface area (TPSA) is 73.3 Å². The van der Waals surface area contributed by atoms with Gasteiger partial charge in [0.25, 0.3) is 0 Å². The Hall–Kier alpha value is -4.49. The third kappa shape index (κ3) is 4.84. The summed E-state index contributed by atoms with van der Waals surface area (Å²) in [5, 5.41) is 5.69. The second-order valence-electron chi connectivity index (χ2n) is 10.4. The predicted octanol–water partition coefficient (Wildman–Crippen LogP) is 7.71. The van der Waals surface area contributed by atoms with Crippen molar-refractivity contribution in [2.75, 3.05) is 12.4 Å². The zero-order valence-electron chi connectivity index (χ0n) is 22.5. The molecule has 0 fully saturated rings. The van der Waals surface area contributed by atoms with Gasteiger partial charge in [-0.25, -0.2) is 4.98 Å². The molecule has 3 aromatic carbocycles. The summed E-state index contributed by atoms with van der Waals surface area (Å²) in [5.74, 6) is 1.69. The molecule has 1 unspecified atom stereocenters. The third-order valence-electron chi connectivity index (χ3n) is 7.41.